The van der Waals surface area contributed by atoms with Crippen molar-refractivity contribution < 1.29 is 4.74 Å². The number of benzene rings is 1. The van der Waals surface area contributed by atoms with Crippen LogP contribution in [-0.4, -0.2) is 16.9 Å². The molecule has 0 spiro atoms. The molecule has 0 saturated carbocycles. The maximum absolute atomic E-state index is 5.15. The van der Waals surface area contributed by atoms with Crippen LogP contribution in [0.5, 0.6) is 0 Å². The average Bonchev–Trinajstić information content (AvgIpc) is 2.62. The van der Waals surface area contributed by atoms with Crippen molar-refractivity contribution in [3.63, 3.8) is 0 Å². The Hall–Kier alpha value is -1.81. The van der Waals surface area contributed by atoms with Crippen LogP contribution in [0.1, 0.15) is 22.5 Å². The number of aryl methyl sites for hydroxylation is 2. The second-order valence-electron chi connectivity index (χ2n) is 4.78. The molecular formula is C15H21N3O. The molecule has 1 aromatic heterocycles. The van der Waals surface area contributed by atoms with Crippen molar-refractivity contribution in [1.29, 1.82) is 0 Å². The lowest BCUT2D eigenvalue weighted by Gasteiger charge is -2.08. The smallest absolute Gasteiger partial charge is 0.0827 e. The van der Waals surface area contributed by atoms with Gasteiger partial charge >= 0.3 is 0 Å². The fourth-order valence-electron chi connectivity index (χ4n) is 2.22. The Morgan fingerprint density at radius 2 is 2.00 bits per heavy atom. The summed E-state index contributed by atoms with van der Waals surface area (Å²) in [6.07, 6.45) is 0. The summed E-state index contributed by atoms with van der Waals surface area (Å²) in [6, 6.07) is 8.42. The summed E-state index contributed by atoms with van der Waals surface area (Å²) >= 11 is 0. The molecule has 0 atom stereocenters. The SMILES string of the molecule is COCc1cccc(CNc2c(C)nn(C)c2C)c1. The number of methoxy groups -OCH3 is 1. The van der Waals surface area contributed by atoms with Gasteiger partial charge in [0.1, 0.15) is 0 Å². The Morgan fingerprint density at radius 3 is 2.63 bits per heavy atom. The lowest BCUT2D eigenvalue weighted by atomic mass is 10.1. The van der Waals surface area contributed by atoms with Crippen LogP contribution in [0.3, 0.4) is 0 Å². The highest BCUT2D eigenvalue weighted by atomic mass is 16.5. The minimum Gasteiger partial charge on any atom is -0.380 e. The largest absolute Gasteiger partial charge is 0.380 e. The van der Waals surface area contributed by atoms with Gasteiger partial charge in [0.25, 0.3) is 0 Å². The molecule has 0 aliphatic carbocycles. The molecule has 0 fully saturated rings. The highest BCUT2D eigenvalue weighted by Crippen LogP contribution is 2.19. The summed E-state index contributed by atoms with van der Waals surface area (Å²) in [5.41, 5.74) is 5.76. The van der Waals surface area contributed by atoms with Gasteiger partial charge in [-0.2, -0.15) is 5.10 Å². The van der Waals surface area contributed by atoms with E-state index in [9.17, 15) is 0 Å². The van der Waals surface area contributed by atoms with Gasteiger partial charge in [-0.05, 0) is 25.0 Å². The quantitative estimate of drug-likeness (QED) is 0.897. The first-order chi connectivity index (χ1) is 9.11. The molecule has 4 heteroatoms. The summed E-state index contributed by atoms with van der Waals surface area (Å²) in [6.45, 7) is 5.55. The number of hydrogen-bond donors (Lipinski definition) is 1. The highest BCUT2D eigenvalue weighted by molar-refractivity contribution is 5.52. The van der Waals surface area contributed by atoms with Crippen molar-refractivity contribution in [1.82, 2.24) is 9.78 Å². The van der Waals surface area contributed by atoms with Gasteiger partial charge in [0, 0.05) is 20.7 Å². The third kappa shape index (κ3) is 3.15. The Labute approximate surface area is 114 Å². The fraction of sp³-hybridized carbons (Fsp3) is 0.400. The maximum Gasteiger partial charge on any atom is 0.0827 e. The molecule has 1 heterocycles. The lowest BCUT2D eigenvalue weighted by Crippen LogP contribution is -2.02. The van der Waals surface area contributed by atoms with E-state index in [1.807, 2.05) is 18.7 Å². The van der Waals surface area contributed by atoms with E-state index >= 15 is 0 Å². The normalized spacial score (nSPS) is 10.7. The molecule has 19 heavy (non-hydrogen) atoms. The molecular weight excluding hydrogens is 238 g/mol. The second kappa shape index (κ2) is 5.89. The first kappa shape index (κ1) is 13.6. The van der Waals surface area contributed by atoms with Crippen LogP contribution in [0, 0.1) is 13.8 Å². The number of anilines is 1. The molecule has 0 aliphatic heterocycles. The van der Waals surface area contributed by atoms with Gasteiger partial charge in [0.05, 0.1) is 23.7 Å². The lowest BCUT2D eigenvalue weighted by molar-refractivity contribution is 0.185. The molecule has 0 bridgehead atoms. The van der Waals surface area contributed by atoms with Crippen LogP contribution in [0.15, 0.2) is 24.3 Å². The number of nitrogens with one attached hydrogen (secondary N) is 1. The van der Waals surface area contributed by atoms with Gasteiger partial charge in [-0.3, -0.25) is 4.68 Å². The molecule has 0 unspecified atom stereocenters. The zero-order valence-corrected chi connectivity index (χ0v) is 12.0. The van der Waals surface area contributed by atoms with Crippen molar-refractivity contribution in [3.05, 3.63) is 46.8 Å². The molecule has 0 saturated heterocycles. The third-order valence-corrected chi connectivity index (χ3v) is 3.28. The topological polar surface area (TPSA) is 39.1 Å². The minimum absolute atomic E-state index is 0.652. The number of rotatable bonds is 5. The van der Waals surface area contributed by atoms with Crippen LogP contribution in [-0.2, 0) is 24.9 Å². The summed E-state index contributed by atoms with van der Waals surface area (Å²) < 4.78 is 7.06. The van der Waals surface area contributed by atoms with Gasteiger partial charge in [-0.25, -0.2) is 0 Å². The predicted octanol–water partition coefficient (Wildman–Crippen LogP) is 2.80. The van der Waals surface area contributed by atoms with Crippen molar-refractivity contribution in [2.75, 3.05) is 12.4 Å². The average molecular weight is 259 g/mol. The van der Waals surface area contributed by atoms with Crippen molar-refractivity contribution in [3.8, 4) is 0 Å². The fourth-order valence-corrected chi connectivity index (χ4v) is 2.22. The van der Waals surface area contributed by atoms with Crippen LogP contribution < -0.4 is 5.32 Å². The van der Waals surface area contributed by atoms with E-state index in [-0.39, 0.29) is 0 Å². The second-order valence-corrected chi connectivity index (χ2v) is 4.78. The van der Waals surface area contributed by atoms with Gasteiger partial charge in [0.2, 0.25) is 0 Å². The molecule has 1 aromatic carbocycles. The summed E-state index contributed by atoms with van der Waals surface area (Å²) in [7, 11) is 3.68. The summed E-state index contributed by atoms with van der Waals surface area (Å²) in [5.74, 6) is 0. The van der Waals surface area contributed by atoms with Crippen LogP contribution in [0.2, 0.25) is 0 Å². The first-order valence-corrected chi connectivity index (χ1v) is 6.42. The van der Waals surface area contributed by atoms with Crippen molar-refractivity contribution in [2.24, 2.45) is 7.05 Å². The summed E-state index contributed by atoms with van der Waals surface area (Å²) in [4.78, 5) is 0. The molecule has 0 radical (unpaired) electrons. The molecule has 102 valence electrons. The molecule has 0 amide bonds. The number of ether oxygens (including phenoxy) is 1. The minimum atomic E-state index is 0.652. The zero-order chi connectivity index (χ0) is 13.8. The highest BCUT2D eigenvalue weighted by Gasteiger charge is 2.08. The van der Waals surface area contributed by atoms with Crippen molar-refractivity contribution >= 4 is 5.69 Å². The monoisotopic (exact) mass is 259 g/mol. The third-order valence-electron chi connectivity index (χ3n) is 3.28. The van der Waals surface area contributed by atoms with E-state index < -0.39 is 0 Å². The standard InChI is InChI=1S/C15H21N3O/c1-11-15(12(2)18(3)17-11)16-9-13-6-5-7-14(8-13)10-19-4/h5-8,16H,9-10H2,1-4H3. The van der Waals surface area contributed by atoms with E-state index in [0.29, 0.717) is 6.61 Å². The van der Waals surface area contributed by atoms with Gasteiger partial charge in [-0.15, -0.1) is 0 Å². The van der Waals surface area contributed by atoms with E-state index in [4.69, 9.17) is 4.74 Å². The molecule has 2 aromatic rings. The van der Waals surface area contributed by atoms with Crippen LogP contribution in [0.25, 0.3) is 0 Å². The Kier molecular flexibility index (Phi) is 4.22. The Bertz CT molecular complexity index is 561. The maximum atomic E-state index is 5.15. The van der Waals surface area contributed by atoms with Gasteiger partial charge in [0.15, 0.2) is 0 Å². The van der Waals surface area contributed by atoms with E-state index in [1.165, 1.54) is 11.1 Å². The molecule has 0 aliphatic rings. The molecule has 2 rings (SSSR count). The number of nitrogens with zero attached hydrogens (tertiary/aromatic N) is 2. The zero-order valence-electron chi connectivity index (χ0n) is 12.0. The molecule has 1 N–H and O–H groups in total. The van der Waals surface area contributed by atoms with Gasteiger partial charge in [-0.1, -0.05) is 24.3 Å². The Morgan fingerprint density at radius 1 is 1.26 bits per heavy atom. The Balaban J connectivity index is 2.08. The van der Waals surface area contributed by atoms with Gasteiger partial charge < -0.3 is 10.1 Å². The summed E-state index contributed by atoms with van der Waals surface area (Å²) in [5, 5.41) is 7.87. The van der Waals surface area contributed by atoms with Crippen LogP contribution >= 0.6 is 0 Å². The van der Waals surface area contributed by atoms with E-state index in [0.717, 1.165) is 23.6 Å². The number of hydrogen-bond acceptors (Lipinski definition) is 3. The number of aromatic nitrogens is 2. The first-order valence-electron chi connectivity index (χ1n) is 6.42. The van der Waals surface area contributed by atoms with Crippen LogP contribution in [0.4, 0.5) is 5.69 Å². The van der Waals surface area contributed by atoms with Crippen molar-refractivity contribution in [2.45, 2.75) is 27.0 Å². The van der Waals surface area contributed by atoms with E-state index in [1.54, 1.807) is 7.11 Å². The predicted molar refractivity (Wildman–Crippen MR) is 77.2 cm³/mol. The molecule has 4 nitrogen and oxygen atoms in total. The van der Waals surface area contributed by atoms with E-state index in [2.05, 4.69) is 41.6 Å².